The van der Waals surface area contributed by atoms with Crippen molar-refractivity contribution in [2.45, 2.75) is 64.6 Å². The van der Waals surface area contributed by atoms with Gasteiger partial charge in [-0.25, -0.2) is 19.9 Å². The Balaban J connectivity index is 1.73. The lowest BCUT2D eigenvalue weighted by Crippen LogP contribution is -2.35. The molecule has 0 aliphatic rings. The Labute approximate surface area is 371 Å². The van der Waals surface area contributed by atoms with Crippen LogP contribution in [0.15, 0.2) is 99.2 Å². The summed E-state index contributed by atoms with van der Waals surface area (Å²) in [5.74, 6) is 24.6. The molecule has 0 aromatic carbocycles. The van der Waals surface area contributed by atoms with Crippen molar-refractivity contribution in [3.63, 3.8) is 0 Å². The van der Waals surface area contributed by atoms with Crippen LogP contribution in [-0.2, 0) is 0 Å². The highest BCUT2D eigenvalue weighted by Crippen LogP contribution is 2.35. The van der Waals surface area contributed by atoms with E-state index in [-0.39, 0.29) is 5.04 Å². The fraction of sp³-hybridized carbons (Fsp3) is 0.280. The molecule has 0 spiro atoms. The average molecular weight is 927 g/mol. The van der Waals surface area contributed by atoms with Crippen LogP contribution in [0.2, 0.25) is 18.1 Å². The maximum Gasteiger partial charge on any atom is 0.138 e. The number of rotatable bonds is 16. The van der Waals surface area contributed by atoms with Crippen LogP contribution < -0.4 is 18.9 Å². The minimum absolute atomic E-state index is 0.102. The predicted octanol–water partition coefficient (Wildman–Crippen LogP) is 10.3. The third kappa shape index (κ3) is 15.9. The first-order valence-electron chi connectivity index (χ1n) is 19.6. The number of halogens is 1. The molecule has 0 amide bonds. The number of hydrogen-bond donors (Lipinski definition) is 0. The molecule has 0 aliphatic carbocycles. The fourth-order valence-electron chi connectivity index (χ4n) is 4.60. The first-order valence-corrected chi connectivity index (χ1v) is 23.7. The quantitative estimate of drug-likeness (QED) is 0.0274. The molecule has 10 heteroatoms. The summed E-state index contributed by atoms with van der Waals surface area (Å²) < 4.78 is 24.7. The van der Waals surface area contributed by atoms with Crippen molar-refractivity contribution in [3.05, 3.63) is 143 Å². The third-order valence-electron chi connectivity index (χ3n) is 8.86. The van der Waals surface area contributed by atoms with Crippen molar-refractivity contribution in [1.82, 2.24) is 19.9 Å². The number of pyridine rings is 4. The second kappa shape index (κ2) is 23.5. The van der Waals surface area contributed by atoms with E-state index in [4.69, 9.17) is 33.9 Å². The maximum atomic E-state index is 6.04. The average Bonchev–Trinajstić information content (AvgIpc) is 3.20. The second-order valence-electron chi connectivity index (χ2n) is 14.8. The largest absolute Gasteiger partial charge is 0.493 e. The summed E-state index contributed by atoms with van der Waals surface area (Å²) >= 11 is 2.15. The maximum absolute atomic E-state index is 6.04. The van der Waals surface area contributed by atoms with E-state index in [0.717, 1.165) is 10.1 Å². The Hall–Kier alpha value is -6.05. The molecule has 4 heterocycles. The topological polar surface area (TPSA) is 88.5 Å². The summed E-state index contributed by atoms with van der Waals surface area (Å²) in [6, 6.07) is 14.4. The zero-order chi connectivity index (χ0) is 43.4. The van der Waals surface area contributed by atoms with E-state index < -0.39 is 8.07 Å². The molecule has 8 nitrogen and oxygen atoms in total. The van der Waals surface area contributed by atoms with Gasteiger partial charge in [0, 0.05) is 48.5 Å². The minimum Gasteiger partial charge on any atom is -0.493 e. The number of aromatic nitrogens is 4. The highest BCUT2D eigenvalue weighted by Gasteiger charge is 2.33. The van der Waals surface area contributed by atoms with Crippen LogP contribution in [0.25, 0.3) is 0 Å². The Bertz CT molecular complexity index is 2440. The van der Waals surface area contributed by atoms with Gasteiger partial charge in [-0.2, -0.15) is 0 Å². The van der Waals surface area contributed by atoms with Crippen molar-refractivity contribution in [1.29, 1.82) is 0 Å². The predicted molar refractivity (Wildman–Crippen MR) is 253 cm³/mol. The summed E-state index contributed by atoms with van der Waals surface area (Å²) in [4.78, 5) is 18.8. The number of hydrogen-bond acceptors (Lipinski definition) is 8. The van der Waals surface area contributed by atoms with Crippen molar-refractivity contribution in [2.24, 2.45) is 0 Å². The molecule has 0 radical (unpaired) electrons. The van der Waals surface area contributed by atoms with Gasteiger partial charge in [0.2, 0.25) is 0 Å². The lowest BCUT2D eigenvalue weighted by atomic mass is 10.2. The van der Waals surface area contributed by atoms with Gasteiger partial charge in [0.1, 0.15) is 74.6 Å². The van der Waals surface area contributed by atoms with Crippen LogP contribution in [0, 0.1) is 50.7 Å². The van der Waals surface area contributed by atoms with Crippen molar-refractivity contribution in [2.75, 3.05) is 26.4 Å². The van der Waals surface area contributed by atoms with E-state index in [1.54, 1.807) is 48.6 Å². The van der Waals surface area contributed by atoms with E-state index in [9.17, 15) is 0 Å². The molecule has 0 N–H and O–H groups in total. The number of nitrogens with zero attached hydrogens (tertiary/aromatic N) is 4. The van der Waals surface area contributed by atoms with Crippen LogP contribution in [0.4, 0.5) is 0 Å². The van der Waals surface area contributed by atoms with Crippen molar-refractivity contribution in [3.8, 4) is 70.0 Å². The summed E-state index contributed by atoms with van der Waals surface area (Å²) in [5.41, 5.74) is 6.98. The summed E-state index contributed by atoms with van der Waals surface area (Å²) in [6.07, 6.45) is 10.00. The first kappa shape index (κ1) is 46.6. The molecule has 4 aromatic rings. The highest BCUT2D eigenvalue weighted by molar-refractivity contribution is 14.1. The molecule has 0 atom stereocenters. The van der Waals surface area contributed by atoms with Crippen molar-refractivity contribution >= 4 is 30.7 Å². The molecule has 0 unspecified atom stereocenters. The van der Waals surface area contributed by atoms with Gasteiger partial charge < -0.3 is 18.9 Å². The number of ether oxygens (including phenoxy) is 4. The lowest BCUT2D eigenvalue weighted by Gasteiger charge is -2.31. The van der Waals surface area contributed by atoms with Gasteiger partial charge in [-0.3, -0.25) is 0 Å². The molecule has 0 saturated heterocycles. The molecule has 0 aliphatic heterocycles. The Kier molecular flexibility index (Phi) is 18.3. The van der Waals surface area contributed by atoms with Crippen LogP contribution >= 0.6 is 22.6 Å². The first-order chi connectivity index (χ1) is 28.8. The van der Waals surface area contributed by atoms with E-state index in [1.165, 1.54) is 0 Å². The smallest absolute Gasteiger partial charge is 0.138 e. The van der Waals surface area contributed by atoms with Gasteiger partial charge in [0.05, 0.1) is 26.4 Å². The summed E-state index contributed by atoms with van der Waals surface area (Å²) in [6.45, 7) is 28.3. The van der Waals surface area contributed by atoms with E-state index in [1.807, 2.05) is 24.3 Å². The third-order valence-corrected chi connectivity index (χ3v) is 13.9. The van der Waals surface area contributed by atoms with Crippen LogP contribution in [0.3, 0.4) is 0 Å². The van der Waals surface area contributed by atoms with Gasteiger partial charge in [0.25, 0.3) is 0 Å². The van der Waals surface area contributed by atoms with E-state index in [0.29, 0.717) is 109 Å². The Morgan fingerprint density at radius 2 is 0.750 bits per heavy atom. The molecule has 0 bridgehead atoms. The fourth-order valence-corrected chi connectivity index (χ4v) is 5.99. The summed E-state index contributed by atoms with van der Waals surface area (Å²) in [7, 11) is -1.89. The molecule has 0 fully saturated rings. The normalized spacial score (nSPS) is 10.4. The standard InChI is InChI=1S/C50H51IN4O4Si/c1-10-14-25-56-45-30-38(52-40(32-45)20-21-42-34-47(58-27-16-12-3)36-44(54-42)24-29-60(8,9)50(5,6)7)18-19-39-31-46(57-26-15-11-2)33-41(53-39)22-23-43-35-48(37-49(51)55-43)59-28-17-13-4/h10-13,30-37H,1-4,14-17,25-28H2,5-9H3. The Morgan fingerprint density at radius 3 is 1.03 bits per heavy atom. The van der Waals surface area contributed by atoms with Crippen LogP contribution in [0.5, 0.6) is 23.0 Å². The van der Waals surface area contributed by atoms with Gasteiger partial charge in [-0.05, 0) is 88.8 Å². The van der Waals surface area contributed by atoms with E-state index in [2.05, 4.69) is 135 Å². The van der Waals surface area contributed by atoms with Crippen molar-refractivity contribution < 1.29 is 18.9 Å². The van der Waals surface area contributed by atoms with Crippen LogP contribution in [-0.4, -0.2) is 54.4 Å². The van der Waals surface area contributed by atoms with Gasteiger partial charge >= 0.3 is 0 Å². The highest BCUT2D eigenvalue weighted by atomic mass is 127. The molecule has 4 aromatic heterocycles. The van der Waals surface area contributed by atoms with Gasteiger partial charge in [-0.1, -0.05) is 64.1 Å². The SMILES string of the molecule is C=CCCOc1cc(I)nc(C#Cc2cc(OCCC=C)cc(C#Cc3cc(OCCC=C)cc(C#Cc4cc(OCCC=C)cc(C#C[Si](C)(C)C(C)(C)C)n4)n3)n2)c1. The van der Waals surface area contributed by atoms with Crippen LogP contribution in [0.1, 0.15) is 86.3 Å². The molecule has 0 saturated carbocycles. The monoisotopic (exact) mass is 926 g/mol. The molecular weight excluding hydrogens is 876 g/mol. The minimum atomic E-state index is -1.89. The van der Waals surface area contributed by atoms with Gasteiger partial charge in [-0.15, -0.1) is 31.9 Å². The zero-order valence-corrected chi connectivity index (χ0v) is 38.4. The van der Waals surface area contributed by atoms with E-state index >= 15 is 0 Å². The molecular formula is C50H51IN4O4Si. The van der Waals surface area contributed by atoms with Gasteiger partial charge in [0.15, 0.2) is 0 Å². The molecule has 60 heavy (non-hydrogen) atoms. The Morgan fingerprint density at radius 1 is 0.483 bits per heavy atom. The zero-order valence-electron chi connectivity index (χ0n) is 35.2. The second-order valence-corrected chi connectivity index (χ2v) is 20.9. The lowest BCUT2D eigenvalue weighted by molar-refractivity contribution is 0.324. The molecule has 4 rings (SSSR count). The summed E-state index contributed by atoms with van der Waals surface area (Å²) in [5, 5.41) is 0.102. The molecule has 306 valence electrons.